The zero-order valence-corrected chi connectivity index (χ0v) is 10.9. The second kappa shape index (κ2) is 4.67. The minimum Gasteiger partial charge on any atom is -0.497 e. The van der Waals surface area contributed by atoms with Gasteiger partial charge in [0.2, 0.25) is 0 Å². The third-order valence-corrected chi connectivity index (χ3v) is 3.00. The largest absolute Gasteiger partial charge is 0.497 e. The van der Waals surface area contributed by atoms with Crippen LogP contribution >= 0.6 is 12.2 Å². The molecule has 0 saturated carbocycles. The van der Waals surface area contributed by atoms with Crippen LogP contribution < -0.4 is 4.74 Å². The first kappa shape index (κ1) is 11.8. The Morgan fingerprint density at radius 2 is 1.82 bits per heavy atom. The number of aromatic amines is 1. The van der Waals surface area contributed by atoms with E-state index in [1.165, 1.54) is 0 Å². The van der Waals surface area contributed by atoms with Crippen LogP contribution in [-0.4, -0.2) is 17.1 Å². The second-order valence-electron chi connectivity index (χ2n) is 3.85. The third-order valence-electron chi connectivity index (χ3n) is 2.70. The van der Waals surface area contributed by atoms with E-state index in [2.05, 4.69) is 9.97 Å². The van der Waals surface area contributed by atoms with Gasteiger partial charge in [-0.2, -0.15) is 0 Å². The van der Waals surface area contributed by atoms with Crippen molar-refractivity contribution in [2.75, 3.05) is 7.11 Å². The molecule has 2 aromatic rings. The summed E-state index contributed by atoms with van der Waals surface area (Å²) in [6.07, 6.45) is 0. The first-order valence-electron chi connectivity index (χ1n) is 5.34. The number of benzene rings is 1. The number of hydrogen-bond donors (Lipinski definition) is 1. The number of ether oxygens (including phenoxy) is 1. The molecule has 0 bridgehead atoms. The van der Waals surface area contributed by atoms with E-state index < -0.39 is 0 Å². The Bertz CT molecular complexity index is 587. The van der Waals surface area contributed by atoms with Crippen molar-refractivity contribution in [3.05, 3.63) is 40.3 Å². The maximum absolute atomic E-state index is 5.29. The molecule has 0 spiro atoms. The van der Waals surface area contributed by atoms with Crippen LogP contribution in [0.4, 0.5) is 0 Å². The molecule has 0 amide bonds. The fourth-order valence-corrected chi connectivity index (χ4v) is 1.88. The predicted octanol–water partition coefficient (Wildman–Crippen LogP) is 3.43. The first-order valence-corrected chi connectivity index (χ1v) is 5.74. The van der Waals surface area contributed by atoms with Gasteiger partial charge in [0.15, 0.2) is 0 Å². The Morgan fingerprint density at radius 1 is 1.18 bits per heavy atom. The first-order chi connectivity index (χ1) is 8.11. The van der Waals surface area contributed by atoms with Crippen molar-refractivity contribution in [1.29, 1.82) is 0 Å². The maximum Gasteiger partial charge on any atom is 0.130 e. The standard InChI is InChI=1S/C13H14N2OS/c1-8-9(2)15-13(17)12(14-8)10-4-6-11(16-3)7-5-10/h4-7H,1-3H3,(H,15,17). The van der Waals surface area contributed by atoms with E-state index in [0.717, 1.165) is 28.4 Å². The molecule has 0 aliphatic rings. The van der Waals surface area contributed by atoms with Crippen molar-refractivity contribution >= 4 is 12.2 Å². The molecule has 0 fully saturated rings. The summed E-state index contributed by atoms with van der Waals surface area (Å²) in [4.78, 5) is 7.68. The highest BCUT2D eigenvalue weighted by Gasteiger charge is 2.05. The Kier molecular flexibility index (Phi) is 3.24. The number of H-pyrrole nitrogens is 1. The van der Waals surface area contributed by atoms with Gasteiger partial charge in [0, 0.05) is 11.3 Å². The van der Waals surface area contributed by atoms with Gasteiger partial charge in [-0.25, -0.2) is 4.98 Å². The lowest BCUT2D eigenvalue weighted by Gasteiger charge is -2.06. The molecule has 0 aliphatic carbocycles. The summed E-state index contributed by atoms with van der Waals surface area (Å²) in [5, 5.41) is 0. The Hall–Kier alpha value is -1.68. The molecule has 88 valence electrons. The molecule has 4 heteroatoms. The number of nitrogens with one attached hydrogen (secondary N) is 1. The highest BCUT2D eigenvalue weighted by Crippen LogP contribution is 2.21. The molecule has 2 rings (SSSR count). The van der Waals surface area contributed by atoms with Crippen LogP contribution in [0.2, 0.25) is 0 Å². The molecule has 0 aliphatic heterocycles. The summed E-state index contributed by atoms with van der Waals surface area (Å²) >= 11 is 5.29. The Morgan fingerprint density at radius 3 is 2.41 bits per heavy atom. The van der Waals surface area contributed by atoms with E-state index in [9.17, 15) is 0 Å². The van der Waals surface area contributed by atoms with Gasteiger partial charge in [0.1, 0.15) is 16.1 Å². The molecule has 0 unspecified atom stereocenters. The minimum absolute atomic E-state index is 0.665. The average Bonchev–Trinajstić information content (AvgIpc) is 2.34. The van der Waals surface area contributed by atoms with Crippen LogP contribution in [0.1, 0.15) is 11.4 Å². The van der Waals surface area contributed by atoms with E-state index >= 15 is 0 Å². The molecular weight excluding hydrogens is 232 g/mol. The number of methoxy groups -OCH3 is 1. The van der Waals surface area contributed by atoms with Crippen LogP contribution in [0.25, 0.3) is 11.3 Å². The molecule has 1 N–H and O–H groups in total. The van der Waals surface area contributed by atoms with Gasteiger partial charge in [-0.05, 0) is 38.1 Å². The summed E-state index contributed by atoms with van der Waals surface area (Å²) < 4.78 is 5.79. The maximum atomic E-state index is 5.29. The van der Waals surface area contributed by atoms with Crippen molar-refractivity contribution < 1.29 is 4.74 Å². The highest BCUT2D eigenvalue weighted by molar-refractivity contribution is 7.71. The lowest BCUT2D eigenvalue weighted by molar-refractivity contribution is 0.415. The zero-order chi connectivity index (χ0) is 12.4. The minimum atomic E-state index is 0.665. The average molecular weight is 246 g/mol. The van der Waals surface area contributed by atoms with Crippen LogP contribution in [0.5, 0.6) is 5.75 Å². The third kappa shape index (κ3) is 2.36. The summed E-state index contributed by atoms with van der Waals surface area (Å²) in [5.41, 5.74) is 3.78. The normalized spacial score (nSPS) is 10.3. The van der Waals surface area contributed by atoms with E-state index in [-0.39, 0.29) is 0 Å². The molecule has 3 nitrogen and oxygen atoms in total. The van der Waals surface area contributed by atoms with Gasteiger partial charge in [0.25, 0.3) is 0 Å². The summed E-state index contributed by atoms with van der Waals surface area (Å²) in [6.45, 7) is 3.93. The van der Waals surface area contributed by atoms with Crippen LogP contribution in [0.15, 0.2) is 24.3 Å². The monoisotopic (exact) mass is 246 g/mol. The van der Waals surface area contributed by atoms with Crippen LogP contribution in [0.3, 0.4) is 0 Å². The van der Waals surface area contributed by atoms with E-state index in [0.29, 0.717) is 4.64 Å². The Labute approximate surface area is 105 Å². The quantitative estimate of drug-likeness (QED) is 0.825. The molecular formula is C13H14N2OS. The van der Waals surface area contributed by atoms with Crippen molar-refractivity contribution in [2.45, 2.75) is 13.8 Å². The second-order valence-corrected chi connectivity index (χ2v) is 4.26. The molecule has 1 heterocycles. The lowest BCUT2D eigenvalue weighted by Crippen LogP contribution is -1.96. The number of nitrogens with zero attached hydrogens (tertiary/aromatic N) is 1. The zero-order valence-electron chi connectivity index (χ0n) is 10.1. The molecule has 0 atom stereocenters. The number of hydrogen-bond acceptors (Lipinski definition) is 3. The van der Waals surface area contributed by atoms with E-state index in [4.69, 9.17) is 17.0 Å². The molecule has 0 saturated heterocycles. The van der Waals surface area contributed by atoms with Gasteiger partial charge in [0.05, 0.1) is 12.8 Å². The molecule has 1 aromatic heterocycles. The van der Waals surface area contributed by atoms with Crippen molar-refractivity contribution in [3.8, 4) is 17.0 Å². The van der Waals surface area contributed by atoms with Gasteiger partial charge >= 0.3 is 0 Å². The smallest absolute Gasteiger partial charge is 0.130 e. The van der Waals surface area contributed by atoms with Gasteiger partial charge in [-0.1, -0.05) is 12.2 Å². The van der Waals surface area contributed by atoms with Crippen LogP contribution in [0, 0.1) is 18.5 Å². The highest BCUT2D eigenvalue weighted by atomic mass is 32.1. The number of rotatable bonds is 2. The van der Waals surface area contributed by atoms with Gasteiger partial charge in [-0.3, -0.25) is 0 Å². The topological polar surface area (TPSA) is 37.9 Å². The predicted molar refractivity (Wildman–Crippen MR) is 70.9 cm³/mol. The summed E-state index contributed by atoms with van der Waals surface area (Å²) in [7, 11) is 1.65. The van der Waals surface area contributed by atoms with E-state index in [1.807, 2.05) is 38.1 Å². The van der Waals surface area contributed by atoms with Crippen molar-refractivity contribution in [2.24, 2.45) is 0 Å². The molecule has 17 heavy (non-hydrogen) atoms. The van der Waals surface area contributed by atoms with E-state index in [1.54, 1.807) is 7.11 Å². The SMILES string of the molecule is COc1ccc(-c2nc(C)c(C)[nH]c2=S)cc1. The fraction of sp³-hybridized carbons (Fsp3) is 0.231. The Balaban J connectivity index is 2.52. The van der Waals surface area contributed by atoms with Gasteiger partial charge in [-0.15, -0.1) is 0 Å². The fourth-order valence-electron chi connectivity index (χ4n) is 1.57. The van der Waals surface area contributed by atoms with Gasteiger partial charge < -0.3 is 9.72 Å². The molecule has 0 radical (unpaired) electrons. The molecule has 1 aromatic carbocycles. The number of aromatic nitrogens is 2. The summed E-state index contributed by atoms with van der Waals surface area (Å²) in [5.74, 6) is 0.826. The van der Waals surface area contributed by atoms with Crippen molar-refractivity contribution in [3.63, 3.8) is 0 Å². The number of aryl methyl sites for hydroxylation is 2. The van der Waals surface area contributed by atoms with Crippen molar-refractivity contribution in [1.82, 2.24) is 9.97 Å². The van der Waals surface area contributed by atoms with Crippen LogP contribution in [-0.2, 0) is 0 Å². The lowest BCUT2D eigenvalue weighted by atomic mass is 10.1. The summed E-state index contributed by atoms with van der Waals surface area (Å²) in [6, 6.07) is 7.72.